The molecule has 1 fully saturated rings. The van der Waals surface area contributed by atoms with Crippen LogP contribution in [0.1, 0.15) is 28.4 Å². The zero-order valence-corrected chi connectivity index (χ0v) is 23.6. The number of benzene rings is 2. The second-order valence-electron chi connectivity index (χ2n) is 10.8. The molecule has 0 radical (unpaired) electrons. The maximum Gasteiger partial charge on any atom is 0.258 e. The summed E-state index contributed by atoms with van der Waals surface area (Å²) in [6.45, 7) is 4.62. The minimum absolute atomic E-state index is 0.0169. The molecule has 0 spiro atoms. The summed E-state index contributed by atoms with van der Waals surface area (Å²) in [6, 6.07) is 9.14. The molecule has 5 rings (SSSR count). The van der Waals surface area contributed by atoms with Gasteiger partial charge >= 0.3 is 0 Å². The summed E-state index contributed by atoms with van der Waals surface area (Å²) in [6.07, 6.45) is 1.48. The van der Waals surface area contributed by atoms with E-state index in [1.807, 2.05) is 7.05 Å². The number of hydrogen-bond donors (Lipinski definition) is 1. The molecule has 0 bridgehead atoms. The van der Waals surface area contributed by atoms with E-state index in [-0.39, 0.29) is 47.4 Å². The normalized spacial score (nSPS) is 16.9. The van der Waals surface area contributed by atoms with Gasteiger partial charge in [0, 0.05) is 44.2 Å². The molecule has 1 saturated heterocycles. The summed E-state index contributed by atoms with van der Waals surface area (Å²) in [4.78, 5) is 32.7. The van der Waals surface area contributed by atoms with Gasteiger partial charge in [-0.1, -0.05) is 12.1 Å². The van der Waals surface area contributed by atoms with E-state index in [1.165, 1.54) is 41.5 Å². The Hall–Kier alpha value is -3.77. The van der Waals surface area contributed by atoms with Crippen LogP contribution in [0.2, 0.25) is 0 Å². The first-order valence-corrected chi connectivity index (χ1v) is 14.7. The van der Waals surface area contributed by atoms with Crippen molar-refractivity contribution in [2.75, 3.05) is 56.9 Å². The highest BCUT2D eigenvalue weighted by Crippen LogP contribution is 2.44. The lowest BCUT2D eigenvalue weighted by Crippen LogP contribution is -2.59. The molecule has 10 nitrogen and oxygen atoms in total. The van der Waals surface area contributed by atoms with Crippen LogP contribution in [0.3, 0.4) is 0 Å². The molecule has 40 heavy (non-hydrogen) atoms. The number of aromatic nitrogens is 1. The van der Waals surface area contributed by atoms with Crippen molar-refractivity contribution >= 4 is 38.4 Å². The van der Waals surface area contributed by atoms with Crippen LogP contribution in [0.5, 0.6) is 5.75 Å². The van der Waals surface area contributed by atoms with Gasteiger partial charge in [0.05, 0.1) is 51.0 Å². The Morgan fingerprint density at radius 2 is 1.85 bits per heavy atom. The van der Waals surface area contributed by atoms with Gasteiger partial charge in [0.1, 0.15) is 17.1 Å². The lowest BCUT2D eigenvalue weighted by atomic mass is 10.0. The van der Waals surface area contributed by atoms with Crippen LogP contribution in [0.4, 0.5) is 10.1 Å². The maximum absolute atomic E-state index is 13.7. The van der Waals surface area contributed by atoms with Crippen molar-refractivity contribution in [3.63, 3.8) is 0 Å². The van der Waals surface area contributed by atoms with Crippen LogP contribution in [-0.4, -0.2) is 97.2 Å². The number of aromatic hydroxyl groups is 1. The van der Waals surface area contributed by atoms with Crippen LogP contribution in [0.25, 0.3) is 10.9 Å². The average molecular weight is 571 g/mol. The molecule has 2 aliphatic heterocycles. The molecule has 2 aliphatic rings. The zero-order chi connectivity index (χ0) is 28.8. The molecular formula is C28H33FN5O5S+. The second kappa shape index (κ2) is 10.3. The van der Waals surface area contributed by atoms with E-state index in [9.17, 15) is 27.5 Å². The summed E-state index contributed by atoms with van der Waals surface area (Å²) in [5.74, 6) is -1.24. The highest BCUT2D eigenvalue weighted by molar-refractivity contribution is 7.92. The number of nitrogens with zero attached hydrogens (tertiary/aromatic N) is 5. The zero-order valence-electron chi connectivity index (χ0n) is 22.8. The molecule has 0 saturated carbocycles. The van der Waals surface area contributed by atoms with Crippen molar-refractivity contribution in [3.05, 3.63) is 65.1 Å². The van der Waals surface area contributed by atoms with Gasteiger partial charge < -0.3 is 19.4 Å². The first kappa shape index (κ1) is 27.8. The summed E-state index contributed by atoms with van der Waals surface area (Å²) in [5, 5.41) is 11.5. The summed E-state index contributed by atoms with van der Waals surface area (Å²) in [5.41, 5.74) is 1.61. The van der Waals surface area contributed by atoms with E-state index in [2.05, 4.69) is 4.98 Å². The fraction of sp³-hybridized carbons (Fsp3) is 0.393. The fourth-order valence-corrected chi connectivity index (χ4v) is 6.96. The van der Waals surface area contributed by atoms with E-state index in [0.29, 0.717) is 59.4 Å². The summed E-state index contributed by atoms with van der Waals surface area (Å²) < 4.78 is 42.6. The molecule has 1 N–H and O–H groups in total. The number of rotatable bonds is 7. The topological polar surface area (TPSA) is 111 Å². The van der Waals surface area contributed by atoms with Crippen molar-refractivity contribution < 1.29 is 32.0 Å². The molecule has 0 aliphatic carbocycles. The number of carbonyl (C=O) groups is 2. The predicted octanol–water partition coefficient (Wildman–Crippen LogP) is 2.31. The number of hydrogen-bond acceptors (Lipinski definition) is 6. The molecule has 0 unspecified atom stereocenters. The van der Waals surface area contributed by atoms with Crippen molar-refractivity contribution in [2.45, 2.75) is 20.0 Å². The van der Waals surface area contributed by atoms with Gasteiger partial charge in [-0.15, -0.1) is 0 Å². The van der Waals surface area contributed by atoms with Crippen molar-refractivity contribution in [1.82, 2.24) is 14.8 Å². The smallest absolute Gasteiger partial charge is 0.258 e. The molecule has 3 aromatic rings. The first-order valence-electron chi connectivity index (χ1n) is 13.1. The monoisotopic (exact) mass is 570 g/mol. The van der Waals surface area contributed by atoms with E-state index < -0.39 is 15.9 Å². The minimum atomic E-state index is -3.85. The largest absolute Gasteiger partial charge is 0.505 e. The SMILES string of the molecule is CC(=O)N1CC[N+](C)(CCS(=O)(=O)N(C)c2c3c(c(O)c4ncccc24)C(=O)N(Cc2ccc(F)cc2)C3)CC1. The quantitative estimate of drug-likeness (QED) is 0.437. The van der Waals surface area contributed by atoms with Crippen molar-refractivity contribution in [1.29, 1.82) is 0 Å². The van der Waals surface area contributed by atoms with Gasteiger partial charge in [-0.05, 0) is 29.8 Å². The number of phenols is 1. The van der Waals surface area contributed by atoms with Gasteiger partial charge in [-0.25, -0.2) is 12.8 Å². The van der Waals surface area contributed by atoms with E-state index in [1.54, 1.807) is 29.2 Å². The number of amides is 2. The molecule has 12 heteroatoms. The molecule has 0 atom stereocenters. The summed E-state index contributed by atoms with van der Waals surface area (Å²) in [7, 11) is -0.385. The third-order valence-corrected chi connectivity index (χ3v) is 9.85. The number of quaternary nitrogens is 1. The Morgan fingerprint density at radius 1 is 1.18 bits per heavy atom. The van der Waals surface area contributed by atoms with Crippen LogP contribution in [0, 0.1) is 5.82 Å². The first-order chi connectivity index (χ1) is 18.9. The van der Waals surface area contributed by atoms with Gasteiger partial charge in [-0.2, -0.15) is 0 Å². The lowest BCUT2D eigenvalue weighted by molar-refractivity contribution is -0.910. The lowest BCUT2D eigenvalue weighted by Gasteiger charge is -2.42. The number of anilines is 1. The van der Waals surface area contributed by atoms with Crippen LogP contribution in [-0.2, 0) is 27.9 Å². The highest BCUT2D eigenvalue weighted by Gasteiger charge is 2.38. The van der Waals surface area contributed by atoms with Crippen LogP contribution >= 0.6 is 0 Å². The number of likely N-dealkylation sites (N-methyl/N-ethyl adjacent to an activating group) is 1. The standard InChI is InChI=1S/C28H32FN5O5S/c1-19(35)32-11-13-34(3,14-12-32)15-16-40(38,39)31(2)26-22-5-4-10-30-25(22)27(36)24-23(26)18-33(28(24)37)17-20-6-8-21(29)9-7-20/h4-10H,11-18H2,1-3H3/p+1. The Balaban J connectivity index is 1.46. The van der Waals surface area contributed by atoms with Gasteiger partial charge in [0.15, 0.2) is 5.75 Å². The second-order valence-corrected chi connectivity index (χ2v) is 12.9. The number of carbonyl (C=O) groups excluding carboxylic acids is 2. The minimum Gasteiger partial charge on any atom is -0.505 e. The molecule has 1 aromatic heterocycles. The van der Waals surface area contributed by atoms with Gasteiger partial charge in [-0.3, -0.25) is 18.9 Å². The number of halogens is 1. The molecule has 3 heterocycles. The maximum atomic E-state index is 13.7. The third-order valence-electron chi connectivity index (χ3n) is 8.13. The molecule has 212 valence electrons. The Kier molecular flexibility index (Phi) is 7.17. The Morgan fingerprint density at radius 3 is 2.50 bits per heavy atom. The molecule has 2 amide bonds. The molecular weight excluding hydrogens is 537 g/mol. The van der Waals surface area contributed by atoms with Gasteiger partial charge in [0.25, 0.3) is 5.91 Å². The molecule has 2 aromatic carbocycles. The van der Waals surface area contributed by atoms with Crippen LogP contribution < -0.4 is 4.31 Å². The Bertz CT molecular complexity index is 1590. The summed E-state index contributed by atoms with van der Waals surface area (Å²) >= 11 is 0. The number of piperazine rings is 1. The van der Waals surface area contributed by atoms with Crippen molar-refractivity contribution in [3.8, 4) is 5.75 Å². The third kappa shape index (κ3) is 5.08. The number of pyridine rings is 1. The predicted molar refractivity (Wildman–Crippen MR) is 149 cm³/mol. The Labute approximate surface area is 232 Å². The van der Waals surface area contributed by atoms with E-state index in [0.717, 1.165) is 0 Å². The van der Waals surface area contributed by atoms with E-state index in [4.69, 9.17) is 0 Å². The average Bonchev–Trinajstić information content (AvgIpc) is 3.24. The van der Waals surface area contributed by atoms with Crippen LogP contribution in [0.15, 0.2) is 42.6 Å². The fourth-order valence-electron chi connectivity index (χ4n) is 5.53. The highest BCUT2D eigenvalue weighted by atomic mass is 32.2. The number of phenolic OH excluding ortho intramolecular Hbond substituents is 1. The van der Waals surface area contributed by atoms with Gasteiger partial charge in [0.2, 0.25) is 15.9 Å². The number of sulfonamides is 1. The van der Waals surface area contributed by atoms with Crippen molar-refractivity contribution in [2.24, 2.45) is 0 Å². The number of fused-ring (bicyclic) bond motifs is 2. The van der Waals surface area contributed by atoms with E-state index >= 15 is 0 Å².